The quantitative estimate of drug-likeness (QED) is 0.596. The normalized spacial score (nSPS) is 13.0. The molecule has 5 nitrogen and oxygen atoms in total. The molecule has 6 heteroatoms. The van der Waals surface area contributed by atoms with Crippen LogP contribution in [0.5, 0.6) is 0 Å². The van der Waals surface area contributed by atoms with Crippen LogP contribution in [0.2, 0.25) is 11.1 Å². The van der Waals surface area contributed by atoms with Gasteiger partial charge in [0.25, 0.3) is 0 Å². The number of alkyl carbamates (subject to hydrolysis) is 1. The van der Waals surface area contributed by atoms with E-state index in [0.29, 0.717) is 21.4 Å². The molecule has 0 aliphatic rings. The summed E-state index contributed by atoms with van der Waals surface area (Å²) in [7, 11) is 0. The Balaban J connectivity index is 4.19. The molecule has 2 N–H and O–H groups in total. The van der Waals surface area contributed by atoms with Gasteiger partial charge in [-0.1, -0.05) is 0 Å². The Hall–Kier alpha value is -0.741. The van der Waals surface area contributed by atoms with Crippen molar-refractivity contribution in [2.75, 3.05) is 0 Å². The van der Waals surface area contributed by atoms with Gasteiger partial charge in [0.1, 0.15) is 0 Å². The van der Waals surface area contributed by atoms with Crippen molar-refractivity contribution in [2.24, 2.45) is 0 Å². The Kier molecular flexibility index (Phi) is 6.45. The van der Waals surface area contributed by atoms with E-state index in [2.05, 4.69) is 5.32 Å². The molecule has 0 spiro atoms. The number of aliphatic carboxylic acids is 1. The first kappa shape index (κ1) is 15.3. The van der Waals surface area contributed by atoms with Crippen molar-refractivity contribution in [1.29, 1.82) is 0 Å². The second-order valence-corrected chi connectivity index (χ2v) is 6.39. The predicted octanol–water partition coefficient (Wildman–Crippen LogP) is 1.53. The minimum atomic E-state index is -1.02. The third-order valence-corrected chi connectivity index (χ3v) is 2.95. The first-order chi connectivity index (χ1) is 7.26. The number of rotatable bonds is 5. The maximum atomic E-state index is 11.3. The van der Waals surface area contributed by atoms with Crippen molar-refractivity contribution in [3.63, 3.8) is 0 Å². The summed E-state index contributed by atoms with van der Waals surface area (Å²) < 4.78 is 4.99. The molecule has 0 saturated heterocycles. The zero-order chi connectivity index (χ0) is 12.8. The van der Waals surface area contributed by atoms with Crippen LogP contribution in [0.25, 0.3) is 0 Å². The van der Waals surface area contributed by atoms with Gasteiger partial charge in [0.2, 0.25) is 0 Å². The van der Waals surface area contributed by atoms with Gasteiger partial charge in [-0.05, 0) is 0 Å². The van der Waals surface area contributed by atoms with Crippen LogP contribution < -0.4 is 5.32 Å². The van der Waals surface area contributed by atoms with Crippen LogP contribution in [0.1, 0.15) is 27.2 Å². The van der Waals surface area contributed by atoms with Crippen molar-refractivity contribution in [3.8, 4) is 0 Å². The van der Waals surface area contributed by atoms with Crippen molar-refractivity contribution in [1.82, 2.24) is 5.32 Å². The Bertz CT molecular complexity index is 250. The molecule has 0 heterocycles. The summed E-state index contributed by atoms with van der Waals surface area (Å²) in [6, 6.07) is -0.850. The zero-order valence-electron chi connectivity index (χ0n) is 10.1. The van der Waals surface area contributed by atoms with Crippen LogP contribution >= 0.6 is 0 Å². The molecule has 0 fully saturated rings. The fourth-order valence-electron chi connectivity index (χ4n) is 0.943. The number of nitrogens with one attached hydrogen (secondary N) is 1. The standard InChI is InChI=1S/C10H19NO4Se/c1-10(2,3)15-9(14)11-7(8(12)13)5-6-16-4/h7H,5-6H2,1-4H3,(H,11,14)(H,12,13)/i8+1. The number of carboxylic acids is 1. The number of hydrogen-bond donors (Lipinski definition) is 2. The van der Waals surface area contributed by atoms with Gasteiger partial charge in [-0.25, -0.2) is 0 Å². The summed E-state index contributed by atoms with van der Waals surface area (Å²) in [5.41, 5.74) is -0.609. The molecule has 0 saturated carbocycles. The van der Waals surface area contributed by atoms with Crippen LogP contribution in [-0.4, -0.2) is 43.8 Å². The topological polar surface area (TPSA) is 75.6 Å². The first-order valence-electron chi connectivity index (χ1n) is 4.97. The number of carbonyl (C=O) groups excluding carboxylic acids is 1. The van der Waals surface area contributed by atoms with Crippen molar-refractivity contribution >= 4 is 27.0 Å². The van der Waals surface area contributed by atoms with E-state index in [1.807, 2.05) is 5.82 Å². The van der Waals surface area contributed by atoms with Crippen molar-refractivity contribution in [2.45, 2.75) is 50.0 Å². The molecule has 1 atom stereocenters. The van der Waals surface area contributed by atoms with Crippen LogP contribution in [0.3, 0.4) is 0 Å². The third-order valence-electron chi connectivity index (χ3n) is 1.60. The zero-order valence-corrected chi connectivity index (χ0v) is 11.8. The Morgan fingerprint density at radius 2 is 2.00 bits per heavy atom. The molecule has 16 heavy (non-hydrogen) atoms. The van der Waals surface area contributed by atoms with E-state index in [1.54, 1.807) is 20.8 Å². The Morgan fingerprint density at radius 3 is 2.38 bits per heavy atom. The third kappa shape index (κ3) is 7.54. The van der Waals surface area contributed by atoms with Gasteiger partial charge in [-0.3, -0.25) is 0 Å². The minimum absolute atomic E-state index is 0.406. The van der Waals surface area contributed by atoms with E-state index in [-0.39, 0.29) is 0 Å². The van der Waals surface area contributed by atoms with Gasteiger partial charge in [-0.2, -0.15) is 0 Å². The molecule has 0 radical (unpaired) electrons. The van der Waals surface area contributed by atoms with Gasteiger partial charge in [-0.15, -0.1) is 0 Å². The maximum absolute atomic E-state index is 11.3. The van der Waals surface area contributed by atoms with E-state index in [1.165, 1.54) is 0 Å². The predicted molar refractivity (Wildman–Crippen MR) is 61.8 cm³/mol. The number of amides is 1. The van der Waals surface area contributed by atoms with Gasteiger partial charge in [0.05, 0.1) is 0 Å². The van der Waals surface area contributed by atoms with Gasteiger partial charge in [0.15, 0.2) is 0 Å². The number of hydrogen-bond acceptors (Lipinski definition) is 3. The SMILES string of the molecule is C[Se]CCC(NC(=O)OC(C)(C)C)[13C](=O)O. The number of carboxylic acid groups (broad SMARTS) is 1. The van der Waals surface area contributed by atoms with E-state index >= 15 is 0 Å². The van der Waals surface area contributed by atoms with Gasteiger partial charge >= 0.3 is 102 Å². The Labute approximate surface area is 102 Å². The summed E-state index contributed by atoms with van der Waals surface area (Å²) >= 11 is 0.406. The molecule has 1 amide bonds. The second-order valence-electron chi connectivity index (χ2n) is 4.32. The molecule has 0 aliphatic heterocycles. The van der Waals surface area contributed by atoms with Gasteiger partial charge in [0, 0.05) is 0 Å². The molecule has 0 aliphatic carbocycles. The molecular weight excluding hydrogens is 278 g/mol. The van der Waals surface area contributed by atoms with E-state index in [4.69, 9.17) is 9.84 Å². The molecule has 0 aromatic rings. The molecule has 0 aromatic carbocycles. The molecule has 0 bridgehead atoms. The summed E-state index contributed by atoms with van der Waals surface area (Å²) in [5.74, 6) is 1.01. The summed E-state index contributed by atoms with van der Waals surface area (Å²) in [4.78, 5) is 22.2. The molecule has 94 valence electrons. The fraction of sp³-hybridized carbons (Fsp3) is 0.800. The van der Waals surface area contributed by atoms with Crippen LogP contribution in [-0.2, 0) is 9.53 Å². The summed E-state index contributed by atoms with van der Waals surface area (Å²) in [5, 5.41) is 12.1. The molecular formula is C10H19NO4Se. The number of carbonyl (C=O) groups is 2. The van der Waals surface area contributed by atoms with Gasteiger partial charge < -0.3 is 0 Å². The second kappa shape index (κ2) is 6.76. The summed E-state index contributed by atoms with van der Waals surface area (Å²) in [6.07, 6.45) is -0.228. The van der Waals surface area contributed by atoms with Crippen molar-refractivity contribution < 1.29 is 19.4 Å². The molecule has 0 aromatic heterocycles. The number of ether oxygens (including phenoxy) is 1. The average Bonchev–Trinajstić information content (AvgIpc) is 2.08. The fourth-order valence-corrected chi connectivity index (χ4v) is 1.93. The monoisotopic (exact) mass is 298 g/mol. The van der Waals surface area contributed by atoms with Crippen LogP contribution in [0.15, 0.2) is 0 Å². The van der Waals surface area contributed by atoms with E-state index < -0.39 is 23.7 Å². The van der Waals surface area contributed by atoms with Crippen LogP contribution in [0, 0.1) is 0 Å². The van der Waals surface area contributed by atoms with Crippen molar-refractivity contribution in [3.05, 3.63) is 0 Å². The molecule has 0 rings (SSSR count). The Morgan fingerprint density at radius 1 is 1.44 bits per heavy atom. The summed E-state index contributed by atoms with van der Waals surface area (Å²) in [6.45, 7) is 5.20. The van der Waals surface area contributed by atoms with E-state index in [9.17, 15) is 9.59 Å². The first-order valence-corrected chi connectivity index (χ1v) is 7.90. The average molecular weight is 297 g/mol. The van der Waals surface area contributed by atoms with E-state index in [0.717, 1.165) is 5.32 Å². The van der Waals surface area contributed by atoms with Crippen LogP contribution in [0.4, 0.5) is 4.79 Å². The molecule has 1 unspecified atom stereocenters.